The second-order valence-corrected chi connectivity index (χ2v) is 5.27. The number of nitrogen functional groups attached to an aromatic ring is 1. The Balaban J connectivity index is 2.18. The number of nitrogens with one attached hydrogen (secondary N) is 2. The van der Waals surface area contributed by atoms with Crippen LogP contribution in [0.4, 0.5) is 5.69 Å². The number of benzene rings is 1. The Bertz CT molecular complexity index is 524. The average Bonchev–Trinajstić information content (AvgIpc) is 2.50. The van der Waals surface area contributed by atoms with Gasteiger partial charge in [0.05, 0.1) is 30.5 Å². The molecule has 2 atom stereocenters. The lowest BCUT2D eigenvalue weighted by atomic mass is 10.0. The molecule has 0 bridgehead atoms. The molecule has 116 valence electrons. The maximum absolute atomic E-state index is 12.5. The monoisotopic (exact) mass is 313 g/mol. The zero-order valence-electron chi connectivity index (χ0n) is 12.1. The van der Waals surface area contributed by atoms with Gasteiger partial charge in [-0.2, -0.15) is 0 Å². The highest BCUT2D eigenvalue weighted by atomic mass is 35.5. The van der Waals surface area contributed by atoms with Crippen LogP contribution < -0.4 is 21.1 Å². The van der Waals surface area contributed by atoms with Crippen molar-refractivity contribution in [2.75, 3.05) is 33.0 Å². The van der Waals surface area contributed by atoms with E-state index in [1.807, 2.05) is 0 Å². The topological polar surface area (TPSA) is 85.6 Å². The third-order valence-corrected chi connectivity index (χ3v) is 4.01. The van der Waals surface area contributed by atoms with Gasteiger partial charge in [0, 0.05) is 13.7 Å². The summed E-state index contributed by atoms with van der Waals surface area (Å²) in [7, 11) is 3.09. The van der Waals surface area contributed by atoms with E-state index < -0.39 is 0 Å². The molecule has 6 nitrogen and oxygen atoms in total. The quantitative estimate of drug-likeness (QED) is 0.723. The van der Waals surface area contributed by atoms with Crippen LogP contribution in [0.1, 0.15) is 16.8 Å². The molecule has 0 aliphatic carbocycles. The van der Waals surface area contributed by atoms with Crippen LogP contribution in [-0.2, 0) is 4.74 Å². The van der Waals surface area contributed by atoms with Crippen LogP contribution in [0.3, 0.4) is 0 Å². The highest BCUT2D eigenvalue weighted by Crippen LogP contribution is 2.33. The second-order valence-electron chi connectivity index (χ2n) is 4.90. The number of anilines is 1. The molecule has 1 saturated heterocycles. The van der Waals surface area contributed by atoms with Crippen LogP contribution in [-0.4, -0.2) is 45.4 Å². The molecule has 0 saturated carbocycles. The van der Waals surface area contributed by atoms with Crippen LogP contribution in [0.25, 0.3) is 0 Å². The van der Waals surface area contributed by atoms with Crippen molar-refractivity contribution in [3.05, 3.63) is 22.7 Å². The largest absolute Gasteiger partial charge is 0.494 e. The molecule has 21 heavy (non-hydrogen) atoms. The molecule has 1 aromatic rings. The number of amides is 1. The number of hydrogen-bond donors (Lipinski definition) is 3. The molecular weight excluding hydrogens is 294 g/mol. The van der Waals surface area contributed by atoms with E-state index in [1.165, 1.54) is 7.11 Å². The highest BCUT2D eigenvalue weighted by Gasteiger charge is 2.27. The summed E-state index contributed by atoms with van der Waals surface area (Å²) in [6, 6.07) is 3.15. The molecule has 7 heteroatoms. The number of carbonyl (C=O) groups excluding carboxylic acids is 1. The lowest BCUT2D eigenvalue weighted by Crippen LogP contribution is -2.53. The summed E-state index contributed by atoms with van der Waals surface area (Å²) in [5.74, 6) is 0.0415. The first-order valence-electron chi connectivity index (χ1n) is 6.74. The molecule has 0 radical (unpaired) electrons. The Morgan fingerprint density at radius 3 is 2.90 bits per heavy atom. The Morgan fingerprint density at radius 1 is 1.48 bits per heavy atom. The minimum atomic E-state index is -0.247. The van der Waals surface area contributed by atoms with Gasteiger partial charge < -0.3 is 25.8 Å². The van der Waals surface area contributed by atoms with Crippen LogP contribution in [0, 0.1) is 0 Å². The molecule has 0 spiro atoms. The fourth-order valence-corrected chi connectivity index (χ4v) is 2.68. The average molecular weight is 314 g/mol. The first kappa shape index (κ1) is 15.9. The second kappa shape index (κ2) is 6.98. The summed E-state index contributed by atoms with van der Waals surface area (Å²) >= 11 is 6.08. The molecule has 0 aromatic heterocycles. The molecule has 2 rings (SSSR count). The lowest BCUT2D eigenvalue weighted by molar-refractivity contribution is 0.0476. The number of piperidine rings is 1. The predicted molar refractivity (Wildman–Crippen MR) is 82.0 cm³/mol. The molecule has 1 aromatic carbocycles. The number of halogens is 1. The summed E-state index contributed by atoms with van der Waals surface area (Å²) in [6.45, 7) is 1.55. The van der Waals surface area contributed by atoms with E-state index >= 15 is 0 Å². The minimum Gasteiger partial charge on any atom is -0.494 e. The van der Waals surface area contributed by atoms with Crippen molar-refractivity contribution in [1.82, 2.24) is 10.6 Å². The van der Waals surface area contributed by atoms with Crippen LogP contribution in [0.15, 0.2) is 12.1 Å². The van der Waals surface area contributed by atoms with Crippen LogP contribution >= 0.6 is 11.6 Å². The third-order valence-electron chi connectivity index (χ3n) is 3.62. The summed E-state index contributed by atoms with van der Waals surface area (Å²) in [6.07, 6.45) is 0.743. The Morgan fingerprint density at radius 2 is 2.24 bits per heavy atom. The van der Waals surface area contributed by atoms with E-state index in [-0.39, 0.29) is 28.8 Å². The van der Waals surface area contributed by atoms with Gasteiger partial charge in [-0.3, -0.25) is 4.79 Å². The SMILES string of the molecule is COc1c(C(=O)N[C@@H]2CCNC[C@@H]2OC)ccc(N)c1Cl. The summed E-state index contributed by atoms with van der Waals surface area (Å²) in [5.41, 5.74) is 6.46. The number of carbonyl (C=O) groups is 1. The normalized spacial score (nSPS) is 21.9. The van der Waals surface area contributed by atoms with Gasteiger partial charge in [-0.1, -0.05) is 11.6 Å². The predicted octanol–water partition coefficient (Wildman–Crippen LogP) is 1.04. The first-order chi connectivity index (χ1) is 10.1. The van der Waals surface area contributed by atoms with E-state index in [2.05, 4.69) is 10.6 Å². The van der Waals surface area contributed by atoms with Gasteiger partial charge in [-0.05, 0) is 25.1 Å². The molecule has 1 fully saturated rings. The standard InChI is InChI=1S/C14H20ClN3O3/c1-20-11-7-17-6-5-10(11)18-14(19)8-3-4-9(16)12(15)13(8)21-2/h3-4,10-11,17H,5-7,16H2,1-2H3,(H,18,19)/t10-,11+/m1/s1. The molecular formula is C14H20ClN3O3. The van der Waals surface area contributed by atoms with Gasteiger partial charge in [-0.25, -0.2) is 0 Å². The van der Waals surface area contributed by atoms with Crippen molar-refractivity contribution in [2.24, 2.45) is 0 Å². The maximum Gasteiger partial charge on any atom is 0.255 e. The van der Waals surface area contributed by atoms with Crippen molar-refractivity contribution in [3.63, 3.8) is 0 Å². The number of rotatable bonds is 4. The highest BCUT2D eigenvalue weighted by molar-refractivity contribution is 6.35. The fraction of sp³-hybridized carbons (Fsp3) is 0.500. The van der Waals surface area contributed by atoms with Crippen molar-refractivity contribution in [3.8, 4) is 5.75 Å². The number of methoxy groups -OCH3 is 2. The van der Waals surface area contributed by atoms with Gasteiger partial charge in [-0.15, -0.1) is 0 Å². The van der Waals surface area contributed by atoms with E-state index in [4.69, 9.17) is 26.8 Å². The number of nitrogens with two attached hydrogens (primary N) is 1. The Kier molecular flexibility index (Phi) is 5.27. The third kappa shape index (κ3) is 3.40. The van der Waals surface area contributed by atoms with Crippen molar-refractivity contribution in [2.45, 2.75) is 18.6 Å². The van der Waals surface area contributed by atoms with Gasteiger partial charge in [0.2, 0.25) is 0 Å². The molecule has 4 N–H and O–H groups in total. The van der Waals surface area contributed by atoms with Crippen molar-refractivity contribution >= 4 is 23.2 Å². The van der Waals surface area contributed by atoms with Gasteiger partial charge >= 0.3 is 0 Å². The lowest BCUT2D eigenvalue weighted by Gasteiger charge is -2.31. The van der Waals surface area contributed by atoms with Gasteiger partial charge in [0.25, 0.3) is 5.91 Å². The van der Waals surface area contributed by atoms with Crippen molar-refractivity contribution < 1.29 is 14.3 Å². The van der Waals surface area contributed by atoms with Crippen LogP contribution in [0.5, 0.6) is 5.75 Å². The van der Waals surface area contributed by atoms with Crippen molar-refractivity contribution in [1.29, 1.82) is 0 Å². The van der Waals surface area contributed by atoms with E-state index in [9.17, 15) is 4.79 Å². The maximum atomic E-state index is 12.5. The fourth-order valence-electron chi connectivity index (χ4n) is 2.44. The summed E-state index contributed by atoms with van der Waals surface area (Å²) in [4.78, 5) is 12.5. The molecule has 1 amide bonds. The van der Waals surface area contributed by atoms with E-state index in [0.717, 1.165) is 13.0 Å². The van der Waals surface area contributed by atoms with E-state index in [1.54, 1.807) is 19.2 Å². The van der Waals surface area contributed by atoms with Gasteiger partial charge in [0.1, 0.15) is 5.02 Å². The summed E-state index contributed by atoms with van der Waals surface area (Å²) < 4.78 is 10.6. The zero-order chi connectivity index (χ0) is 15.4. The number of ether oxygens (including phenoxy) is 2. The first-order valence-corrected chi connectivity index (χ1v) is 7.12. The molecule has 1 aliphatic heterocycles. The number of hydrogen-bond acceptors (Lipinski definition) is 5. The molecule has 0 unspecified atom stereocenters. The summed E-state index contributed by atoms with van der Waals surface area (Å²) in [5, 5.41) is 6.45. The van der Waals surface area contributed by atoms with Crippen LogP contribution in [0.2, 0.25) is 5.02 Å². The molecule has 1 aliphatic rings. The molecule has 1 heterocycles. The van der Waals surface area contributed by atoms with Gasteiger partial charge in [0.15, 0.2) is 5.75 Å². The zero-order valence-corrected chi connectivity index (χ0v) is 12.9. The Labute approximate surface area is 128 Å². The minimum absolute atomic E-state index is 0.0511. The Hall–Kier alpha value is -1.50. The smallest absolute Gasteiger partial charge is 0.255 e. The van der Waals surface area contributed by atoms with E-state index in [0.29, 0.717) is 17.8 Å².